The second-order valence-electron chi connectivity index (χ2n) is 3.45. The Bertz CT molecular complexity index is 275. The highest BCUT2D eigenvalue weighted by molar-refractivity contribution is 7.91. The summed E-state index contributed by atoms with van der Waals surface area (Å²) in [5, 5.41) is 0. The standard InChI is InChI=1S/C8H14O4S/c1-13(10,11)6-8(9)7-3-2-4-12-5-7/h7H,2-6H2,1H3. The van der Waals surface area contributed by atoms with Crippen molar-refractivity contribution in [1.82, 2.24) is 0 Å². The fourth-order valence-electron chi connectivity index (χ4n) is 1.37. The maximum absolute atomic E-state index is 11.4. The molecule has 1 heterocycles. The first kappa shape index (κ1) is 10.7. The lowest BCUT2D eigenvalue weighted by molar-refractivity contribution is -0.124. The smallest absolute Gasteiger partial charge is 0.154 e. The monoisotopic (exact) mass is 206 g/mol. The average molecular weight is 206 g/mol. The van der Waals surface area contributed by atoms with E-state index in [4.69, 9.17) is 4.74 Å². The molecule has 4 nitrogen and oxygen atoms in total. The number of rotatable bonds is 3. The van der Waals surface area contributed by atoms with Crippen molar-refractivity contribution in [2.75, 3.05) is 25.2 Å². The van der Waals surface area contributed by atoms with Gasteiger partial charge in [-0.3, -0.25) is 4.79 Å². The number of Topliss-reactive ketones (excluding diaryl/α,β-unsaturated/α-hetero) is 1. The molecular formula is C8H14O4S. The van der Waals surface area contributed by atoms with Crippen LogP contribution < -0.4 is 0 Å². The van der Waals surface area contributed by atoms with Crippen LogP contribution in [0.15, 0.2) is 0 Å². The van der Waals surface area contributed by atoms with Crippen LogP contribution in [0.2, 0.25) is 0 Å². The van der Waals surface area contributed by atoms with Gasteiger partial charge in [0.25, 0.3) is 0 Å². The topological polar surface area (TPSA) is 60.4 Å². The van der Waals surface area contributed by atoms with Gasteiger partial charge in [-0.1, -0.05) is 0 Å². The van der Waals surface area contributed by atoms with Crippen molar-refractivity contribution in [3.63, 3.8) is 0 Å². The number of hydrogen-bond donors (Lipinski definition) is 0. The summed E-state index contributed by atoms with van der Waals surface area (Å²) in [7, 11) is -3.18. The second kappa shape index (κ2) is 4.19. The molecule has 0 aromatic heterocycles. The SMILES string of the molecule is CS(=O)(=O)CC(=O)C1CCCOC1. The van der Waals surface area contributed by atoms with Gasteiger partial charge in [0.1, 0.15) is 5.75 Å². The van der Waals surface area contributed by atoms with E-state index in [0.717, 1.165) is 19.1 Å². The molecule has 0 saturated carbocycles. The van der Waals surface area contributed by atoms with Gasteiger partial charge in [-0.05, 0) is 12.8 Å². The van der Waals surface area contributed by atoms with E-state index in [0.29, 0.717) is 13.2 Å². The molecule has 0 aliphatic carbocycles. The fourth-order valence-corrected chi connectivity index (χ4v) is 2.12. The lowest BCUT2D eigenvalue weighted by Crippen LogP contribution is -2.29. The van der Waals surface area contributed by atoms with E-state index >= 15 is 0 Å². The quantitative estimate of drug-likeness (QED) is 0.653. The highest BCUT2D eigenvalue weighted by Crippen LogP contribution is 2.14. The van der Waals surface area contributed by atoms with E-state index in [-0.39, 0.29) is 17.5 Å². The molecule has 76 valence electrons. The molecule has 1 aliphatic heterocycles. The van der Waals surface area contributed by atoms with Gasteiger partial charge in [0.05, 0.1) is 6.61 Å². The maximum Gasteiger partial charge on any atom is 0.154 e. The zero-order chi connectivity index (χ0) is 9.90. The number of carbonyl (C=O) groups excluding carboxylic acids is 1. The molecule has 0 radical (unpaired) electrons. The summed E-state index contributed by atoms with van der Waals surface area (Å²) < 4.78 is 26.7. The van der Waals surface area contributed by atoms with Crippen LogP contribution in [0.5, 0.6) is 0 Å². The summed E-state index contributed by atoms with van der Waals surface area (Å²) in [5.41, 5.74) is 0. The van der Waals surface area contributed by atoms with E-state index in [1.807, 2.05) is 0 Å². The second-order valence-corrected chi connectivity index (χ2v) is 5.59. The van der Waals surface area contributed by atoms with Gasteiger partial charge in [0.2, 0.25) is 0 Å². The summed E-state index contributed by atoms with van der Waals surface area (Å²) in [6, 6.07) is 0. The molecule has 0 N–H and O–H groups in total. The largest absolute Gasteiger partial charge is 0.381 e. The Morgan fingerprint density at radius 2 is 2.23 bits per heavy atom. The predicted octanol–water partition coefficient (Wildman–Crippen LogP) is 0.0267. The molecule has 0 spiro atoms. The van der Waals surface area contributed by atoms with E-state index < -0.39 is 9.84 Å². The number of sulfone groups is 1. The summed E-state index contributed by atoms with van der Waals surface area (Å²) in [6.45, 7) is 1.07. The Balaban J connectivity index is 2.47. The molecular weight excluding hydrogens is 192 g/mol. The molecule has 1 unspecified atom stereocenters. The van der Waals surface area contributed by atoms with Crippen molar-refractivity contribution in [1.29, 1.82) is 0 Å². The van der Waals surface area contributed by atoms with Crippen molar-refractivity contribution in [3.05, 3.63) is 0 Å². The van der Waals surface area contributed by atoms with Crippen LogP contribution in [0.1, 0.15) is 12.8 Å². The van der Waals surface area contributed by atoms with E-state index in [1.165, 1.54) is 0 Å². The summed E-state index contributed by atoms with van der Waals surface area (Å²) in [4.78, 5) is 11.4. The molecule has 1 fully saturated rings. The Labute approximate surface area is 78.2 Å². The lowest BCUT2D eigenvalue weighted by atomic mass is 9.99. The van der Waals surface area contributed by atoms with E-state index in [2.05, 4.69) is 0 Å². The van der Waals surface area contributed by atoms with E-state index in [9.17, 15) is 13.2 Å². The molecule has 1 aliphatic rings. The van der Waals surface area contributed by atoms with Gasteiger partial charge < -0.3 is 4.74 Å². The van der Waals surface area contributed by atoms with Gasteiger partial charge in [-0.25, -0.2) is 8.42 Å². The third-order valence-corrected chi connectivity index (χ3v) is 2.83. The molecule has 1 atom stereocenters. The molecule has 0 amide bonds. The third kappa shape index (κ3) is 3.87. The summed E-state index contributed by atoms with van der Waals surface area (Å²) in [6.07, 6.45) is 2.68. The molecule has 1 rings (SSSR count). The molecule has 0 aromatic rings. The van der Waals surface area contributed by atoms with Crippen LogP contribution in [-0.4, -0.2) is 39.4 Å². The number of hydrogen-bond acceptors (Lipinski definition) is 4. The van der Waals surface area contributed by atoms with Crippen LogP contribution in [0.25, 0.3) is 0 Å². The molecule has 0 aromatic carbocycles. The zero-order valence-electron chi connectivity index (χ0n) is 7.65. The normalized spacial score (nSPS) is 24.2. The van der Waals surface area contributed by atoms with Gasteiger partial charge >= 0.3 is 0 Å². The minimum atomic E-state index is -3.18. The number of carbonyl (C=O) groups is 1. The van der Waals surface area contributed by atoms with Gasteiger partial charge in [-0.15, -0.1) is 0 Å². The Morgan fingerprint density at radius 3 is 2.69 bits per heavy atom. The first-order valence-electron chi connectivity index (χ1n) is 4.27. The predicted molar refractivity (Wildman–Crippen MR) is 48.3 cm³/mol. The minimum absolute atomic E-state index is 0.205. The highest BCUT2D eigenvalue weighted by Gasteiger charge is 2.24. The first-order chi connectivity index (χ1) is 5.99. The van der Waals surface area contributed by atoms with Crippen LogP contribution in [-0.2, 0) is 19.4 Å². The number of ether oxygens (including phenoxy) is 1. The lowest BCUT2D eigenvalue weighted by Gasteiger charge is -2.20. The van der Waals surface area contributed by atoms with E-state index in [1.54, 1.807) is 0 Å². The molecule has 1 saturated heterocycles. The molecule has 13 heavy (non-hydrogen) atoms. The number of ketones is 1. The fraction of sp³-hybridized carbons (Fsp3) is 0.875. The van der Waals surface area contributed by atoms with Gasteiger partial charge in [-0.2, -0.15) is 0 Å². The van der Waals surface area contributed by atoms with Crippen molar-refractivity contribution in [3.8, 4) is 0 Å². The summed E-state index contributed by atoms with van der Waals surface area (Å²) in [5.74, 6) is -0.758. The Hall–Kier alpha value is -0.420. The zero-order valence-corrected chi connectivity index (χ0v) is 8.47. The van der Waals surface area contributed by atoms with Crippen LogP contribution in [0, 0.1) is 5.92 Å². The third-order valence-electron chi connectivity index (χ3n) is 2.02. The minimum Gasteiger partial charge on any atom is -0.381 e. The summed E-state index contributed by atoms with van der Waals surface area (Å²) >= 11 is 0. The van der Waals surface area contributed by atoms with Crippen molar-refractivity contribution < 1.29 is 17.9 Å². The van der Waals surface area contributed by atoms with Crippen LogP contribution in [0.4, 0.5) is 0 Å². The van der Waals surface area contributed by atoms with Crippen molar-refractivity contribution in [2.45, 2.75) is 12.8 Å². The van der Waals surface area contributed by atoms with Gasteiger partial charge in [0, 0.05) is 18.8 Å². The molecule has 0 bridgehead atoms. The van der Waals surface area contributed by atoms with Crippen LogP contribution in [0.3, 0.4) is 0 Å². The Morgan fingerprint density at radius 1 is 1.54 bits per heavy atom. The first-order valence-corrected chi connectivity index (χ1v) is 6.33. The highest BCUT2D eigenvalue weighted by atomic mass is 32.2. The van der Waals surface area contributed by atoms with Crippen LogP contribution >= 0.6 is 0 Å². The average Bonchev–Trinajstić information content (AvgIpc) is 2.03. The maximum atomic E-state index is 11.4. The Kier molecular flexibility index (Phi) is 3.44. The van der Waals surface area contributed by atoms with Gasteiger partial charge in [0.15, 0.2) is 15.6 Å². The van der Waals surface area contributed by atoms with Crippen molar-refractivity contribution in [2.24, 2.45) is 5.92 Å². The molecule has 5 heteroatoms. The van der Waals surface area contributed by atoms with Crippen molar-refractivity contribution >= 4 is 15.6 Å².